The molecule has 2 rings (SSSR count). The third-order valence-electron chi connectivity index (χ3n) is 2.26. The predicted molar refractivity (Wildman–Crippen MR) is 66.6 cm³/mol. The van der Waals surface area contributed by atoms with E-state index in [1.54, 1.807) is 11.7 Å². The van der Waals surface area contributed by atoms with E-state index in [4.69, 9.17) is 10.5 Å². The van der Waals surface area contributed by atoms with Crippen molar-refractivity contribution in [2.45, 2.75) is 20.0 Å². The molecule has 90 valence electrons. The molecule has 0 spiro atoms. The number of benzene rings is 1. The lowest BCUT2D eigenvalue weighted by Gasteiger charge is -2.09. The molecule has 1 heterocycles. The summed E-state index contributed by atoms with van der Waals surface area (Å²) < 4.78 is 7.17. The second kappa shape index (κ2) is 4.45. The Labute approximate surface area is 100 Å². The fourth-order valence-electron chi connectivity index (χ4n) is 1.50. The lowest BCUT2D eigenvalue weighted by molar-refractivity contribution is 0.242. The van der Waals surface area contributed by atoms with Gasteiger partial charge in [0.25, 0.3) is 0 Å². The summed E-state index contributed by atoms with van der Waals surface area (Å²) in [5.74, 6) is 1.82. The van der Waals surface area contributed by atoms with Crippen molar-refractivity contribution < 1.29 is 4.74 Å². The lowest BCUT2D eigenvalue weighted by atomic mass is 10.2. The molecule has 0 saturated heterocycles. The molecule has 0 aliphatic rings. The Morgan fingerprint density at radius 3 is 2.71 bits per heavy atom. The van der Waals surface area contributed by atoms with Crippen molar-refractivity contribution in [2.24, 2.45) is 7.05 Å². The van der Waals surface area contributed by atoms with Crippen LogP contribution in [0, 0.1) is 0 Å². The first-order valence-electron chi connectivity index (χ1n) is 5.50. The monoisotopic (exact) mass is 232 g/mol. The van der Waals surface area contributed by atoms with E-state index >= 15 is 0 Å². The number of aromatic nitrogens is 3. The van der Waals surface area contributed by atoms with E-state index in [1.807, 2.05) is 38.1 Å². The van der Waals surface area contributed by atoms with Gasteiger partial charge >= 0.3 is 0 Å². The summed E-state index contributed by atoms with van der Waals surface area (Å²) in [5.41, 5.74) is 6.55. The molecule has 1 aromatic heterocycles. The smallest absolute Gasteiger partial charge is 0.218 e. The van der Waals surface area contributed by atoms with Gasteiger partial charge in [0, 0.05) is 12.6 Å². The van der Waals surface area contributed by atoms with E-state index in [-0.39, 0.29) is 6.10 Å². The highest BCUT2D eigenvalue weighted by Crippen LogP contribution is 2.22. The van der Waals surface area contributed by atoms with Crippen LogP contribution in [0.3, 0.4) is 0 Å². The molecule has 0 radical (unpaired) electrons. The summed E-state index contributed by atoms with van der Waals surface area (Å²) in [6.07, 6.45) is 0.145. The van der Waals surface area contributed by atoms with Crippen molar-refractivity contribution in [3.8, 4) is 17.1 Å². The van der Waals surface area contributed by atoms with E-state index in [1.165, 1.54) is 0 Å². The van der Waals surface area contributed by atoms with Crippen LogP contribution in [0.15, 0.2) is 24.3 Å². The number of nitrogen functional groups attached to an aromatic ring is 1. The molecule has 2 aromatic rings. The molecule has 0 bridgehead atoms. The Morgan fingerprint density at radius 1 is 1.35 bits per heavy atom. The lowest BCUT2D eigenvalue weighted by Crippen LogP contribution is -2.05. The van der Waals surface area contributed by atoms with Crippen molar-refractivity contribution >= 4 is 5.95 Å². The Morgan fingerprint density at radius 2 is 2.12 bits per heavy atom. The summed E-state index contributed by atoms with van der Waals surface area (Å²) >= 11 is 0. The molecule has 0 fully saturated rings. The van der Waals surface area contributed by atoms with Gasteiger partial charge in [-0.3, -0.25) is 0 Å². The van der Waals surface area contributed by atoms with Crippen molar-refractivity contribution in [1.29, 1.82) is 0 Å². The van der Waals surface area contributed by atoms with Gasteiger partial charge in [-0.1, -0.05) is 12.1 Å². The number of nitrogens with zero attached hydrogens (tertiary/aromatic N) is 3. The fourth-order valence-corrected chi connectivity index (χ4v) is 1.50. The van der Waals surface area contributed by atoms with Gasteiger partial charge in [0.05, 0.1) is 6.10 Å². The van der Waals surface area contributed by atoms with Crippen LogP contribution in [0.25, 0.3) is 11.4 Å². The van der Waals surface area contributed by atoms with Gasteiger partial charge in [0.15, 0.2) is 5.82 Å². The minimum absolute atomic E-state index is 0.145. The first-order valence-corrected chi connectivity index (χ1v) is 5.50. The van der Waals surface area contributed by atoms with Crippen LogP contribution in [-0.4, -0.2) is 20.9 Å². The summed E-state index contributed by atoms with van der Waals surface area (Å²) in [5, 5.41) is 4.23. The van der Waals surface area contributed by atoms with Gasteiger partial charge in [-0.25, -0.2) is 4.68 Å². The number of ether oxygens (including phenoxy) is 1. The van der Waals surface area contributed by atoms with E-state index in [0.717, 1.165) is 11.3 Å². The molecule has 0 saturated carbocycles. The molecule has 0 atom stereocenters. The number of hydrogen-bond donors (Lipinski definition) is 1. The maximum Gasteiger partial charge on any atom is 0.218 e. The quantitative estimate of drug-likeness (QED) is 0.877. The minimum Gasteiger partial charge on any atom is -0.491 e. The molecular weight excluding hydrogens is 216 g/mol. The molecular formula is C12H16N4O. The number of aryl methyl sites for hydroxylation is 1. The first-order chi connectivity index (χ1) is 8.06. The van der Waals surface area contributed by atoms with Gasteiger partial charge in [-0.15, -0.1) is 5.10 Å². The zero-order valence-electron chi connectivity index (χ0n) is 10.2. The molecule has 5 heteroatoms. The van der Waals surface area contributed by atoms with Crippen molar-refractivity contribution in [1.82, 2.24) is 14.8 Å². The van der Waals surface area contributed by atoms with Crippen LogP contribution in [0.1, 0.15) is 13.8 Å². The van der Waals surface area contributed by atoms with Crippen LogP contribution in [0.2, 0.25) is 0 Å². The largest absolute Gasteiger partial charge is 0.491 e. The van der Waals surface area contributed by atoms with Crippen molar-refractivity contribution in [2.75, 3.05) is 5.73 Å². The Hall–Kier alpha value is -2.04. The third-order valence-corrected chi connectivity index (χ3v) is 2.26. The van der Waals surface area contributed by atoms with Crippen molar-refractivity contribution in [3.63, 3.8) is 0 Å². The van der Waals surface area contributed by atoms with Crippen LogP contribution < -0.4 is 10.5 Å². The zero-order valence-corrected chi connectivity index (χ0v) is 10.2. The topological polar surface area (TPSA) is 66.0 Å². The zero-order chi connectivity index (χ0) is 12.4. The summed E-state index contributed by atoms with van der Waals surface area (Å²) in [6.45, 7) is 3.98. The van der Waals surface area contributed by atoms with Gasteiger partial charge in [-0.2, -0.15) is 4.98 Å². The highest BCUT2D eigenvalue weighted by molar-refractivity contribution is 5.58. The Balaban J connectivity index is 2.32. The SMILES string of the molecule is CC(C)Oc1cccc(-c2nc(N)n(C)n2)c1. The van der Waals surface area contributed by atoms with E-state index in [2.05, 4.69) is 10.1 Å². The summed E-state index contributed by atoms with van der Waals surface area (Å²) in [4.78, 5) is 4.17. The molecule has 5 nitrogen and oxygen atoms in total. The molecule has 1 aromatic carbocycles. The van der Waals surface area contributed by atoms with E-state index in [0.29, 0.717) is 11.8 Å². The van der Waals surface area contributed by atoms with Crippen LogP contribution >= 0.6 is 0 Å². The highest BCUT2D eigenvalue weighted by Gasteiger charge is 2.08. The van der Waals surface area contributed by atoms with Crippen LogP contribution in [-0.2, 0) is 7.05 Å². The average Bonchev–Trinajstić information content (AvgIpc) is 2.59. The van der Waals surface area contributed by atoms with Gasteiger partial charge < -0.3 is 10.5 Å². The molecule has 0 unspecified atom stereocenters. The van der Waals surface area contributed by atoms with E-state index in [9.17, 15) is 0 Å². The first kappa shape index (κ1) is 11.4. The van der Waals surface area contributed by atoms with Gasteiger partial charge in [0.2, 0.25) is 5.95 Å². The van der Waals surface area contributed by atoms with Gasteiger partial charge in [0.1, 0.15) is 5.75 Å². The molecule has 17 heavy (non-hydrogen) atoms. The summed E-state index contributed by atoms with van der Waals surface area (Å²) in [6, 6.07) is 7.67. The van der Waals surface area contributed by atoms with Crippen LogP contribution in [0.5, 0.6) is 5.75 Å². The molecule has 0 amide bonds. The maximum atomic E-state index is 5.65. The second-order valence-electron chi connectivity index (χ2n) is 4.11. The average molecular weight is 232 g/mol. The Kier molecular flexibility index (Phi) is 2.99. The van der Waals surface area contributed by atoms with Gasteiger partial charge in [-0.05, 0) is 26.0 Å². The molecule has 0 aliphatic carbocycles. The van der Waals surface area contributed by atoms with E-state index < -0.39 is 0 Å². The predicted octanol–water partition coefficient (Wildman–Crippen LogP) is 1.85. The fraction of sp³-hybridized carbons (Fsp3) is 0.333. The Bertz CT molecular complexity index is 499. The minimum atomic E-state index is 0.145. The number of nitrogens with two attached hydrogens (primary N) is 1. The normalized spacial score (nSPS) is 10.8. The second-order valence-corrected chi connectivity index (χ2v) is 4.11. The molecule has 2 N–H and O–H groups in total. The van der Waals surface area contributed by atoms with Crippen LogP contribution in [0.4, 0.5) is 5.95 Å². The highest BCUT2D eigenvalue weighted by atomic mass is 16.5. The molecule has 0 aliphatic heterocycles. The van der Waals surface area contributed by atoms with Crippen molar-refractivity contribution in [3.05, 3.63) is 24.3 Å². The number of anilines is 1. The number of rotatable bonds is 3. The maximum absolute atomic E-state index is 5.65. The summed E-state index contributed by atoms with van der Waals surface area (Å²) in [7, 11) is 1.76. The standard InChI is InChI=1S/C12H16N4O/c1-8(2)17-10-6-4-5-9(7-10)11-14-12(13)16(3)15-11/h4-8H,1-3H3,(H2,13,14,15). The number of hydrogen-bond acceptors (Lipinski definition) is 4. The third kappa shape index (κ3) is 2.55.